The number of benzene rings is 1. The van der Waals surface area contributed by atoms with Gasteiger partial charge in [-0.15, -0.1) is 11.3 Å². The molecule has 1 aromatic carbocycles. The number of anilines is 1. The topological polar surface area (TPSA) is 137 Å². The number of carboxylic acid groups (broad SMARTS) is 1. The minimum Gasteiger partial charge on any atom is -0.491 e. The number of thiophene rings is 1. The lowest BCUT2D eigenvalue weighted by atomic mass is 9.76. The van der Waals surface area contributed by atoms with Crippen LogP contribution in [-0.2, 0) is 6.54 Å². The summed E-state index contributed by atoms with van der Waals surface area (Å²) in [6, 6.07) is 9.16. The van der Waals surface area contributed by atoms with E-state index in [0.717, 1.165) is 18.5 Å². The zero-order chi connectivity index (χ0) is 34.0. The van der Waals surface area contributed by atoms with E-state index >= 15 is 0 Å². The summed E-state index contributed by atoms with van der Waals surface area (Å²) in [6.07, 6.45) is 4.03. The molecule has 0 unspecified atom stereocenters. The van der Waals surface area contributed by atoms with Crippen molar-refractivity contribution in [3.05, 3.63) is 74.4 Å². The lowest BCUT2D eigenvalue weighted by Crippen LogP contribution is -2.78. The van der Waals surface area contributed by atoms with E-state index in [0.29, 0.717) is 63.3 Å². The number of rotatable bonds is 9. The van der Waals surface area contributed by atoms with Gasteiger partial charge in [-0.1, -0.05) is 11.6 Å². The lowest BCUT2D eigenvalue weighted by Gasteiger charge is -2.63. The number of fused-ring (bicyclic) bond motifs is 2. The summed E-state index contributed by atoms with van der Waals surface area (Å²) in [5.41, 5.74) is 0.581. The van der Waals surface area contributed by atoms with Crippen LogP contribution >= 0.6 is 22.9 Å². The Morgan fingerprint density at radius 3 is 2.73 bits per heavy atom. The van der Waals surface area contributed by atoms with Crippen molar-refractivity contribution in [2.24, 2.45) is 0 Å². The minimum absolute atomic E-state index is 0.0941. The van der Waals surface area contributed by atoms with Gasteiger partial charge in [0.25, 0.3) is 5.56 Å². The predicted octanol–water partition coefficient (Wildman–Crippen LogP) is 5.69. The molecule has 0 aliphatic carbocycles. The van der Waals surface area contributed by atoms with Gasteiger partial charge in [0.2, 0.25) is 0 Å². The molecule has 246 valence electrons. The SMILES string of the molecule is Cc1nc2cnc(N3CC4(CCN4CC(C)(C)F)C3)c(C#N)c2c(=O)n1CCOc1ccc(Cl)cc1-c1ccnc2c(C(=O)O)csc12. The number of carboxylic acids is 1. The summed E-state index contributed by atoms with van der Waals surface area (Å²) in [7, 11) is 0. The van der Waals surface area contributed by atoms with Gasteiger partial charge in [0.15, 0.2) is 0 Å². The summed E-state index contributed by atoms with van der Waals surface area (Å²) in [5, 5.41) is 22.1. The Bertz CT molecular complexity index is 2220. The molecule has 2 fully saturated rings. The summed E-state index contributed by atoms with van der Waals surface area (Å²) in [4.78, 5) is 43.2. The second-order valence-electron chi connectivity index (χ2n) is 12.9. The van der Waals surface area contributed by atoms with Gasteiger partial charge in [-0.05, 0) is 51.5 Å². The molecule has 11 nitrogen and oxygen atoms in total. The first-order valence-corrected chi connectivity index (χ1v) is 16.7. The Morgan fingerprint density at radius 1 is 1.25 bits per heavy atom. The third kappa shape index (κ3) is 5.43. The molecule has 0 bridgehead atoms. The van der Waals surface area contributed by atoms with E-state index in [1.807, 2.05) is 4.90 Å². The first-order chi connectivity index (χ1) is 22.9. The van der Waals surface area contributed by atoms with Crippen molar-refractivity contribution in [3.8, 4) is 22.9 Å². The highest BCUT2D eigenvalue weighted by molar-refractivity contribution is 7.18. The van der Waals surface area contributed by atoms with Crippen LogP contribution in [0.3, 0.4) is 0 Å². The van der Waals surface area contributed by atoms with Crippen LogP contribution in [0.1, 0.15) is 42.0 Å². The Kier molecular flexibility index (Phi) is 7.85. The molecule has 0 atom stereocenters. The standard InChI is InChI=1S/C34H31ClFN7O4S/c1-19-40-25-14-39-30(41-17-34(18-41)7-9-42(34)16-33(2,3)36)23(13-37)27(25)31(44)43(19)10-11-47-26-5-4-20(35)12-22(26)21-6-8-38-28-24(32(45)46)15-48-29(21)28/h4-6,8,12,14-15H,7,9-11,16-18H2,1-3H3,(H,45,46). The van der Waals surface area contributed by atoms with E-state index in [4.69, 9.17) is 16.3 Å². The number of alkyl halides is 1. The Labute approximate surface area is 283 Å². The third-order valence-electron chi connectivity index (χ3n) is 9.13. The fraction of sp³-hybridized carbons (Fsp3) is 0.353. The molecule has 1 N–H and O–H groups in total. The fourth-order valence-electron chi connectivity index (χ4n) is 6.76. The molecule has 2 saturated heterocycles. The monoisotopic (exact) mass is 687 g/mol. The van der Waals surface area contributed by atoms with Gasteiger partial charge in [-0.25, -0.2) is 19.2 Å². The number of hydrogen-bond acceptors (Lipinski definition) is 10. The van der Waals surface area contributed by atoms with Crippen LogP contribution in [-0.4, -0.2) is 79.5 Å². The largest absolute Gasteiger partial charge is 0.491 e. The maximum absolute atomic E-state index is 14.4. The molecule has 7 rings (SSSR count). The van der Waals surface area contributed by atoms with E-state index in [2.05, 4.69) is 25.9 Å². The predicted molar refractivity (Wildman–Crippen MR) is 182 cm³/mol. The number of aromatic nitrogens is 4. The highest BCUT2D eigenvalue weighted by Crippen LogP contribution is 2.43. The molecule has 0 saturated carbocycles. The first-order valence-electron chi connectivity index (χ1n) is 15.4. The zero-order valence-corrected chi connectivity index (χ0v) is 28.0. The molecule has 5 aromatic rings. The Balaban J connectivity index is 1.15. The van der Waals surface area contributed by atoms with Crippen LogP contribution in [0.5, 0.6) is 5.75 Å². The molecule has 4 aromatic heterocycles. The number of aryl methyl sites for hydroxylation is 1. The number of aromatic carboxylic acids is 1. The minimum atomic E-state index is -1.30. The average molecular weight is 688 g/mol. The average Bonchev–Trinajstić information content (AvgIpc) is 3.45. The second-order valence-corrected chi connectivity index (χ2v) is 14.2. The van der Waals surface area contributed by atoms with Crippen molar-refractivity contribution >= 4 is 55.8 Å². The summed E-state index contributed by atoms with van der Waals surface area (Å²) < 4.78 is 22.8. The van der Waals surface area contributed by atoms with Crippen LogP contribution in [0.2, 0.25) is 5.02 Å². The number of carbonyl (C=O) groups is 1. The molecule has 1 spiro atoms. The fourth-order valence-corrected chi connectivity index (χ4v) is 7.96. The van der Waals surface area contributed by atoms with Crippen LogP contribution in [0.4, 0.5) is 10.2 Å². The van der Waals surface area contributed by atoms with Crippen molar-refractivity contribution in [1.29, 1.82) is 5.26 Å². The van der Waals surface area contributed by atoms with Gasteiger partial charge in [-0.2, -0.15) is 5.26 Å². The van der Waals surface area contributed by atoms with Gasteiger partial charge >= 0.3 is 5.97 Å². The number of ether oxygens (including phenoxy) is 1. The van der Waals surface area contributed by atoms with E-state index in [1.165, 1.54) is 22.1 Å². The Morgan fingerprint density at radius 2 is 2.04 bits per heavy atom. The van der Waals surface area contributed by atoms with Crippen molar-refractivity contribution in [3.63, 3.8) is 0 Å². The van der Waals surface area contributed by atoms with Crippen LogP contribution < -0.4 is 15.2 Å². The van der Waals surface area contributed by atoms with Gasteiger partial charge in [0.1, 0.15) is 41.3 Å². The van der Waals surface area contributed by atoms with Crippen LogP contribution in [0, 0.1) is 18.3 Å². The summed E-state index contributed by atoms with van der Waals surface area (Å²) in [5.74, 6) is 0.316. The maximum atomic E-state index is 14.4. The molecule has 6 heterocycles. The highest BCUT2D eigenvalue weighted by Gasteiger charge is 2.55. The van der Waals surface area contributed by atoms with E-state index in [1.54, 1.807) is 56.6 Å². The number of likely N-dealkylation sites (tertiary alicyclic amines) is 1. The zero-order valence-electron chi connectivity index (χ0n) is 26.5. The number of halogens is 2. The molecular formula is C34H31ClFN7O4S. The van der Waals surface area contributed by atoms with Crippen molar-refractivity contribution in [2.45, 2.75) is 44.9 Å². The van der Waals surface area contributed by atoms with Crippen molar-refractivity contribution in [1.82, 2.24) is 24.4 Å². The molecule has 48 heavy (non-hydrogen) atoms. The van der Waals surface area contributed by atoms with E-state index in [9.17, 15) is 24.3 Å². The highest BCUT2D eigenvalue weighted by atomic mass is 35.5. The molecule has 0 amide bonds. The number of pyridine rings is 2. The van der Waals surface area contributed by atoms with E-state index in [-0.39, 0.29) is 40.8 Å². The third-order valence-corrected chi connectivity index (χ3v) is 10.4. The molecule has 2 aliphatic heterocycles. The van der Waals surface area contributed by atoms with Gasteiger partial charge in [0.05, 0.1) is 45.0 Å². The van der Waals surface area contributed by atoms with Gasteiger partial charge in [-0.3, -0.25) is 19.2 Å². The molecule has 14 heteroatoms. The molecular weight excluding hydrogens is 657 g/mol. The van der Waals surface area contributed by atoms with E-state index < -0.39 is 11.6 Å². The van der Waals surface area contributed by atoms with Gasteiger partial charge in [0, 0.05) is 53.9 Å². The maximum Gasteiger partial charge on any atom is 0.338 e. The first kappa shape index (κ1) is 31.9. The van der Waals surface area contributed by atoms with Crippen molar-refractivity contribution < 1.29 is 19.0 Å². The van der Waals surface area contributed by atoms with Crippen LogP contribution in [0.15, 0.2) is 46.8 Å². The smallest absolute Gasteiger partial charge is 0.338 e. The second kappa shape index (κ2) is 11.8. The number of nitrogens with zero attached hydrogens (tertiary/aromatic N) is 7. The lowest BCUT2D eigenvalue weighted by molar-refractivity contribution is -0.0641. The normalized spacial score (nSPS) is 15.8. The Hall–Kier alpha value is -4.64. The molecule has 0 radical (unpaired) electrons. The quantitative estimate of drug-likeness (QED) is 0.206. The summed E-state index contributed by atoms with van der Waals surface area (Å²) >= 11 is 7.65. The van der Waals surface area contributed by atoms with Crippen molar-refractivity contribution in [2.75, 3.05) is 37.7 Å². The van der Waals surface area contributed by atoms with Crippen LogP contribution in [0.25, 0.3) is 32.2 Å². The van der Waals surface area contributed by atoms with Gasteiger partial charge < -0.3 is 14.7 Å². The summed E-state index contributed by atoms with van der Waals surface area (Å²) in [6.45, 7) is 7.50. The number of hydrogen-bond donors (Lipinski definition) is 1. The number of nitriles is 1. The molecule has 2 aliphatic rings.